The number of aliphatic imine (C=N–C) groups is 1. The SMILES string of the molecule is CCCN(C(=O)NC(N)=NCC)c1c(C)cccc1Cl. The van der Waals surface area contributed by atoms with Crippen molar-refractivity contribution in [2.24, 2.45) is 10.7 Å². The molecule has 1 aromatic rings. The van der Waals surface area contributed by atoms with Gasteiger partial charge in [0.05, 0.1) is 10.7 Å². The monoisotopic (exact) mass is 296 g/mol. The molecule has 2 amide bonds. The molecule has 0 unspecified atom stereocenters. The van der Waals surface area contributed by atoms with Gasteiger partial charge in [-0.1, -0.05) is 30.7 Å². The summed E-state index contributed by atoms with van der Waals surface area (Å²) in [4.78, 5) is 17.9. The van der Waals surface area contributed by atoms with E-state index in [9.17, 15) is 4.79 Å². The van der Waals surface area contributed by atoms with Gasteiger partial charge in [-0.3, -0.25) is 15.2 Å². The lowest BCUT2D eigenvalue weighted by Crippen LogP contribution is -2.46. The molecule has 0 aliphatic carbocycles. The number of benzene rings is 1. The zero-order valence-corrected chi connectivity index (χ0v) is 12.9. The van der Waals surface area contributed by atoms with Crippen molar-refractivity contribution < 1.29 is 4.79 Å². The minimum Gasteiger partial charge on any atom is -0.370 e. The van der Waals surface area contributed by atoms with Gasteiger partial charge < -0.3 is 5.73 Å². The lowest BCUT2D eigenvalue weighted by molar-refractivity contribution is 0.250. The summed E-state index contributed by atoms with van der Waals surface area (Å²) in [5.41, 5.74) is 7.28. The number of carbonyl (C=O) groups is 1. The van der Waals surface area contributed by atoms with Crippen LogP contribution in [-0.4, -0.2) is 25.1 Å². The summed E-state index contributed by atoms with van der Waals surface area (Å²) in [6.07, 6.45) is 0.808. The summed E-state index contributed by atoms with van der Waals surface area (Å²) in [6.45, 7) is 6.83. The number of hydrogen-bond acceptors (Lipinski definition) is 2. The number of hydrogen-bond donors (Lipinski definition) is 2. The number of guanidine groups is 1. The van der Waals surface area contributed by atoms with Gasteiger partial charge in [-0.2, -0.15) is 0 Å². The van der Waals surface area contributed by atoms with E-state index in [2.05, 4.69) is 10.3 Å². The molecule has 5 nitrogen and oxygen atoms in total. The first kappa shape index (κ1) is 16.3. The third kappa shape index (κ3) is 4.13. The molecule has 3 N–H and O–H groups in total. The van der Waals surface area contributed by atoms with Crippen molar-refractivity contribution in [2.45, 2.75) is 27.2 Å². The molecule has 0 aliphatic rings. The van der Waals surface area contributed by atoms with E-state index in [1.54, 1.807) is 11.0 Å². The van der Waals surface area contributed by atoms with E-state index in [1.165, 1.54) is 0 Å². The number of nitrogens with one attached hydrogen (secondary N) is 1. The number of aryl methyl sites for hydroxylation is 1. The van der Waals surface area contributed by atoms with Crippen molar-refractivity contribution >= 4 is 29.3 Å². The maximum Gasteiger partial charge on any atom is 0.328 e. The highest BCUT2D eigenvalue weighted by atomic mass is 35.5. The second kappa shape index (κ2) is 7.75. The van der Waals surface area contributed by atoms with Crippen LogP contribution in [-0.2, 0) is 0 Å². The fourth-order valence-electron chi connectivity index (χ4n) is 1.89. The highest BCUT2D eigenvalue weighted by molar-refractivity contribution is 6.34. The number of rotatable bonds is 4. The van der Waals surface area contributed by atoms with E-state index >= 15 is 0 Å². The Kier molecular flexibility index (Phi) is 6.31. The normalized spacial score (nSPS) is 11.3. The zero-order valence-electron chi connectivity index (χ0n) is 12.1. The smallest absolute Gasteiger partial charge is 0.328 e. The fraction of sp³-hybridized carbons (Fsp3) is 0.429. The van der Waals surface area contributed by atoms with Crippen LogP contribution in [0, 0.1) is 6.92 Å². The Morgan fingerprint density at radius 2 is 2.15 bits per heavy atom. The molecule has 1 aromatic carbocycles. The molecule has 0 heterocycles. The summed E-state index contributed by atoms with van der Waals surface area (Å²) in [7, 11) is 0. The summed E-state index contributed by atoms with van der Waals surface area (Å²) < 4.78 is 0. The molecule has 0 saturated heterocycles. The molecule has 0 aliphatic heterocycles. The highest BCUT2D eigenvalue weighted by Gasteiger charge is 2.19. The van der Waals surface area contributed by atoms with Gasteiger partial charge in [-0.25, -0.2) is 4.79 Å². The summed E-state index contributed by atoms with van der Waals surface area (Å²) in [5, 5.41) is 3.12. The van der Waals surface area contributed by atoms with Crippen LogP contribution in [0.25, 0.3) is 0 Å². The van der Waals surface area contributed by atoms with Crippen molar-refractivity contribution in [1.82, 2.24) is 5.32 Å². The van der Waals surface area contributed by atoms with Gasteiger partial charge in [0.1, 0.15) is 0 Å². The summed E-state index contributed by atoms with van der Waals surface area (Å²) in [5.74, 6) is 0.114. The average Bonchev–Trinajstić information content (AvgIpc) is 2.37. The Morgan fingerprint density at radius 3 is 2.70 bits per heavy atom. The molecule has 0 radical (unpaired) electrons. The van der Waals surface area contributed by atoms with E-state index in [1.807, 2.05) is 32.9 Å². The zero-order chi connectivity index (χ0) is 15.1. The van der Waals surface area contributed by atoms with Gasteiger partial charge >= 0.3 is 6.03 Å². The van der Waals surface area contributed by atoms with Crippen LogP contribution < -0.4 is 16.0 Å². The molecule has 0 aromatic heterocycles. The van der Waals surface area contributed by atoms with Crippen molar-refractivity contribution in [3.05, 3.63) is 28.8 Å². The van der Waals surface area contributed by atoms with E-state index in [0.717, 1.165) is 12.0 Å². The Labute approximate surface area is 124 Å². The van der Waals surface area contributed by atoms with Gasteiger partial charge in [0, 0.05) is 13.1 Å². The van der Waals surface area contributed by atoms with E-state index in [4.69, 9.17) is 17.3 Å². The van der Waals surface area contributed by atoms with Crippen LogP contribution in [0.5, 0.6) is 0 Å². The lowest BCUT2D eigenvalue weighted by Gasteiger charge is -2.25. The van der Waals surface area contributed by atoms with Crippen molar-refractivity contribution in [3.8, 4) is 0 Å². The molecular formula is C14H21ClN4O. The Morgan fingerprint density at radius 1 is 1.45 bits per heavy atom. The van der Waals surface area contributed by atoms with E-state index in [-0.39, 0.29) is 12.0 Å². The number of halogens is 1. The van der Waals surface area contributed by atoms with Crippen LogP contribution in [0.4, 0.5) is 10.5 Å². The summed E-state index contributed by atoms with van der Waals surface area (Å²) >= 11 is 6.22. The van der Waals surface area contributed by atoms with Gasteiger partial charge in [-0.05, 0) is 31.9 Å². The first-order valence-electron chi connectivity index (χ1n) is 6.64. The number of para-hydroxylation sites is 1. The number of nitrogens with zero attached hydrogens (tertiary/aromatic N) is 2. The van der Waals surface area contributed by atoms with Gasteiger partial charge in [0.2, 0.25) is 0 Å². The van der Waals surface area contributed by atoms with Crippen LogP contribution in [0.3, 0.4) is 0 Å². The molecule has 0 spiro atoms. The maximum absolute atomic E-state index is 12.3. The van der Waals surface area contributed by atoms with Crippen molar-refractivity contribution in [1.29, 1.82) is 0 Å². The van der Waals surface area contributed by atoms with Gasteiger partial charge in [0.25, 0.3) is 0 Å². The Balaban J connectivity index is 3.05. The second-order valence-corrected chi connectivity index (χ2v) is 4.75. The maximum atomic E-state index is 12.3. The number of urea groups is 1. The largest absolute Gasteiger partial charge is 0.370 e. The third-order valence-electron chi connectivity index (χ3n) is 2.71. The molecule has 0 fully saturated rings. The van der Waals surface area contributed by atoms with Gasteiger partial charge in [-0.15, -0.1) is 0 Å². The number of carbonyl (C=O) groups excluding carboxylic acids is 1. The first-order valence-corrected chi connectivity index (χ1v) is 7.02. The van der Waals surface area contributed by atoms with Crippen LogP contribution in [0.15, 0.2) is 23.2 Å². The predicted octanol–water partition coefficient (Wildman–Crippen LogP) is 2.91. The van der Waals surface area contributed by atoms with Gasteiger partial charge in [0.15, 0.2) is 5.96 Å². The molecule has 6 heteroatoms. The van der Waals surface area contributed by atoms with Crippen LogP contribution in [0.1, 0.15) is 25.8 Å². The quantitative estimate of drug-likeness (QED) is 0.662. The minimum absolute atomic E-state index is 0.114. The van der Waals surface area contributed by atoms with E-state index < -0.39 is 0 Å². The second-order valence-electron chi connectivity index (χ2n) is 4.35. The molecule has 1 rings (SSSR count). The predicted molar refractivity (Wildman–Crippen MR) is 84.5 cm³/mol. The Hall–Kier alpha value is -1.75. The molecular weight excluding hydrogens is 276 g/mol. The molecule has 110 valence electrons. The number of anilines is 1. The molecule has 0 saturated carbocycles. The first-order chi connectivity index (χ1) is 9.51. The van der Waals surface area contributed by atoms with Crippen LogP contribution in [0.2, 0.25) is 5.02 Å². The average molecular weight is 297 g/mol. The molecule has 20 heavy (non-hydrogen) atoms. The third-order valence-corrected chi connectivity index (χ3v) is 3.02. The fourth-order valence-corrected chi connectivity index (χ4v) is 2.21. The molecule has 0 bridgehead atoms. The number of nitrogens with two attached hydrogens (primary N) is 1. The number of amides is 2. The summed E-state index contributed by atoms with van der Waals surface area (Å²) in [6, 6.07) is 5.22. The van der Waals surface area contributed by atoms with E-state index in [0.29, 0.717) is 23.8 Å². The standard InChI is InChI=1S/C14H21ClN4O/c1-4-9-19(14(20)18-13(16)17-5-2)12-10(3)7-6-8-11(12)15/h6-8H,4-5,9H2,1-3H3,(H3,16,17,18,20). The van der Waals surface area contributed by atoms with Crippen molar-refractivity contribution in [3.63, 3.8) is 0 Å². The topological polar surface area (TPSA) is 70.7 Å². The minimum atomic E-state index is -0.322. The highest BCUT2D eigenvalue weighted by Crippen LogP contribution is 2.29. The lowest BCUT2D eigenvalue weighted by atomic mass is 10.2. The molecule has 0 atom stereocenters. The van der Waals surface area contributed by atoms with Crippen molar-refractivity contribution in [2.75, 3.05) is 18.0 Å². The van der Waals surface area contributed by atoms with Crippen LogP contribution >= 0.6 is 11.6 Å². The Bertz CT molecular complexity index is 482.